The van der Waals surface area contributed by atoms with Gasteiger partial charge in [0.25, 0.3) is 0 Å². The summed E-state index contributed by atoms with van der Waals surface area (Å²) in [7, 11) is 0. The molecule has 0 aliphatic heterocycles. The van der Waals surface area contributed by atoms with Gasteiger partial charge in [0.1, 0.15) is 5.52 Å². The number of fused-ring (bicyclic) bond motifs is 4. The Bertz CT molecular complexity index is 2480. The lowest BCUT2D eigenvalue weighted by Crippen LogP contribution is -1.99. The van der Waals surface area contributed by atoms with Gasteiger partial charge < -0.3 is 8.98 Å². The standard InChI is InChI=1S/C42H27N3O/c1-2-10-28(11-3-1)29-17-19-30(20-18-29)33-23-21-31(36-13-8-9-25-43-36)26-39(33)45-38-15-6-4-12-34(38)35-24-22-32(27-40(35)45)42-44-37-14-5-7-16-41(37)46-42/h1-27H. The summed E-state index contributed by atoms with van der Waals surface area (Å²) < 4.78 is 8.59. The van der Waals surface area contributed by atoms with E-state index < -0.39 is 0 Å². The van der Waals surface area contributed by atoms with E-state index in [2.05, 4.69) is 131 Å². The molecule has 6 aromatic carbocycles. The van der Waals surface area contributed by atoms with Gasteiger partial charge in [-0.2, -0.15) is 0 Å². The zero-order chi connectivity index (χ0) is 30.5. The minimum Gasteiger partial charge on any atom is -0.436 e. The molecule has 0 fully saturated rings. The third kappa shape index (κ3) is 4.39. The fraction of sp³-hybridized carbons (Fsp3) is 0. The first kappa shape index (κ1) is 26.2. The lowest BCUT2D eigenvalue weighted by atomic mass is 9.97. The van der Waals surface area contributed by atoms with E-state index in [4.69, 9.17) is 9.40 Å². The number of benzene rings is 6. The van der Waals surface area contributed by atoms with Crippen molar-refractivity contribution < 1.29 is 4.42 Å². The number of hydrogen-bond acceptors (Lipinski definition) is 3. The molecule has 0 amide bonds. The fourth-order valence-electron chi connectivity index (χ4n) is 6.49. The average molecular weight is 590 g/mol. The molecule has 0 radical (unpaired) electrons. The zero-order valence-corrected chi connectivity index (χ0v) is 24.8. The van der Waals surface area contributed by atoms with Crippen LogP contribution in [0.1, 0.15) is 0 Å². The summed E-state index contributed by atoms with van der Waals surface area (Å²) >= 11 is 0. The Labute approximate surface area is 265 Å². The molecule has 0 N–H and O–H groups in total. The first-order chi connectivity index (χ1) is 22.8. The van der Waals surface area contributed by atoms with E-state index in [9.17, 15) is 0 Å². The second-order valence-corrected chi connectivity index (χ2v) is 11.5. The molecule has 0 aliphatic rings. The molecule has 0 unspecified atom stereocenters. The van der Waals surface area contributed by atoms with Gasteiger partial charge in [-0.25, -0.2) is 4.98 Å². The van der Waals surface area contributed by atoms with Gasteiger partial charge in [-0.15, -0.1) is 0 Å². The number of nitrogens with zero attached hydrogens (tertiary/aromatic N) is 3. The van der Waals surface area contributed by atoms with E-state index in [-0.39, 0.29) is 0 Å². The van der Waals surface area contributed by atoms with Crippen molar-refractivity contribution in [2.75, 3.05) is 0 Å². The predicted octanol–water partition coefficient (Wildman–Crippen LogP) is 11.0. The largest absolute Gasteiger partial charge is 0.436 e. The monoisotopic (exact) mass is 589 g/mol. The molecule has 9 rings (SSSR count). The van der Waals surface area contributed by atoms with Crippen molar-refractivity contribution in [1.82, 2.24) is 14.5 Å². The van der Waals surface area contributed by atoms with Gasteiger partial charge in [-0.1, -0.05) is 109 Å². The topological polar surface area (TPSA) is 43.9 Å². The van der Waals surface area contributed by atoms with Crippen molar-refractivity contribution in [2.45, 2.75) is 0 Å². The second-order valence-electron chi connectivity index (χ2n) is 11.5. The smallest absolute Gasteiger partial charge is 0.227 e. The molecule has 0 saturated heterocycles. The highest BCUT2D eigenvalue weighted by atomic mass is 16.3. The SMILES string of the molecule is c1ccc(-c2ccc(-c3ccc(-c4ccccn4)cc3-n3c4ccccc4c4ccc(-c5nc6ccccc6o5)cc43)cc2)cc1. The Kier molecular flexibility index (Phi) is 6.10. The first-order valence-corrected chi connectivity index (χ1v) is 15.4. The molecule has 46 heavy (non-hydrogen) atoms. The van der Waals surface area contributed by atoms with Gasteiger partial charge in [0, 0.05) is 33.7 Å². The fourth-order valence-corrected chi connectivity index (χ4v) is 6.49. The molecule has 0 bridgehead atoms. The van der Waals surface area contributed by atoms with Gasteiger partial charge in [0.05, 0.1) is 22.4 Å². The number of aromatic nitrogens is 3. The van der Waals surface area contributed by atoms with Gasteiger partial charge in [-0.05, 0) is 65.2 Å². The summed E-state index contributed by atoms with van der Waals surface area (Å²) in [5.74, 6) is 0.610. The average Bonchev–Trinajstić information content (AvgIpc) is 3.71. The molecule has 0 saturated carbocycles. The Balaban J connectivity index is 1.29. The second kappa shape index (κ2) is 10.7. The van der Waals surface area contributed by atoms with Crippen LogP contribution in [-0.2, 0) is 0 Å². The minimum absolute atomic E-state index is 0.610. The summed E-state index contributed by atoms with van der Waals surface area (Å²) in [5, 5.41) is 2.36. The van der Waals surface area contributed by atoms with Gasteiger partial charge >= 0.3 is 0 Å². The van der Waals surface area contributed by atoms with E-state index >= 15 is 0 Å². The third-order valence-corrected chi connectivity index (χ3v) is 8.72. The highest BCUT2D eigenvalue weighted by Gasteiger charge is 2.19. The normalized spacial score (nSPS) is 11.5. The zero-order valence-electron chi connectivity index (χ0n) is 24.8. The highest BCUT2D eigenvalue weighted by Crippen LogP contribution is 2.40. The summed E-state index contributed by atoms with van der Waals surface area (Å²) in [6.07, 6.45) is 1.85. The maximum atomic E-state index is 6.21. The quantitative estimate of drug-likeness (QED) is 0.201. The molecule has 3 aromatic heterocycles. The predicted molar refractivity (Wildman–Crippen MR) is 188 cm³/mol. The number of rotatable bonds is 5. The Morgan fingerprint density at radius 1 is 0.478 bits per heavy atom. The van der Waals surface area contributed by atoms with Crippen LogP contribution in [0.2, 0.25) is 0 Å². The van der Waals surface area contributed by atoms with Crippen LogP contribution in [0.25, 0.3) is 83.6 Å². The van der Waals surface area contributed by atoms with E-state index in [1.54, 1.807) is 0 Å². The van der Waals surface area contributed by atoms with Crippen molar-refractivity contribution in [3.63, 3.8) is 0 Å². The lowest BCUT2D eigenvalue weighted by molar-refractivity contribution is 0.620. The molecular formula is C42H27N3O. The maximum Gasteiger partial charge on any atom is 0.227 e. The molecule has 0 spiro atoms. The summed E-state index contributed by atoms with van der Waals surface area (Å²) in [6.45, 7) is 0. The summed E-state index contributed by atoms with van der Waals surface area (Å²) in [4.78, 5) is 9.50. The van der Waals surface area contributed by atoms with E-state index in [1.165, 1.54) is 21.9 Å². The van der Waals surface area contributed by atoms with Crippen LogP contribution in [0.5, 0.6) is 0 Å². The summed E-state index contributed by atoms with van der Waals surface area (Å²) in [5.41, 5.74) is 12.5. The molecule has 3 heterocycles. The van der Waals surface area contributed by atoms with Crippen LogP contribution in [0, 0.1) is 0 Å². The Hall–Kier alpha value is -6.26. The number of para-hydroxylation sites is 3. The van der Waals surface area contributed by atoms with E-state index in [0.29, 0.717) is 5.89 Å². The van der Waals surface area contributed by atoms with E-state index in [1.807, 2.05) is 42.6 Å². The Morgan fingerprint density at radius 2 is 1.17 bits per heavy atom. The van der Waals surface area contributed by atoms with Crippen LogP contribution >= 0.6 is 0 Å². The molecular weight excluding hydrogens is 562 g/mol. The third-order valence-electron chi connectivity index (χ3n) is 8.72. The number of hydrogen-bond donors (Lipinski definition) is 0. The minimum atomic E-state index is 0.610. The molecule has 0 aliphatic carbocycles. The Morgan fingerprint density at radius 3 is 2.02 bits per heavy atom. The van der Waals surface area contributed by atoms with Crippen LogP contribution < -0.4 is 0 Å². The summed E-state index contributed by atoms with van der Waals surface area (Å²) in [6, 6.07) is 55.1. The van der Waals surface area contributed by atoms with Gasteiger partial charge in [-0.3, -0.25) is 4.98 Å². The van der Waals surface area contributed by atoms with Crippen LogP contribution in [0.3, 0.4) is 0 Å². The molecule has 9 aromatic rings. The van der Waals surface area contributed by atoms with Crippen LogP contribution in [0.15, 0.2) is 168 Å². The van der Waals surface area contributed by atoms with Crippen molar-refractivity contribution >= 4 is 32.9 Å². The number of oxazole rings is 1. The molecule has 216 valence electrons. The van der Waals surface area contributed by atoms with Crippen molar-refractivity contribution in [3.05, 3.63) is 164 Å². The van der Waals surface area contributed by atoms with Crippen LogP contribution in [0.4, 0.5) is 0 Å². The van der Waals surface area contributed by atoms with E-state index in [0.717, 1.165) is 55.8 Å². The van der Waals surface area contributed by atoms with Crippen molar-refractivity contribution in [2.24, 2.45) is 0 Å². The molecule has 4 nitrogen and oxygen atoms in total. The lowest BCUT2D eigenvalue weighted by Gasteiger charge is -2.16. The highest BCUT2D eigenvalue weighted by molar-refractivity contribution is 6.10. The first-order valence-electron chi connectivity index (χ1n) is 15.4. The molecule has 0 atom stereocenters. The van der Waals surface area contributed by atoms with Gasteiger partial charge in [0.15, 0.2) is 5.58 Å². The van der Waals surface area contributed by atoms with Gasteiger partial charge in [0.2, 0.25) is 5.89 Å². The van der Waals surface area contributed by atoms with Crippen molar-refractivity contribution in [1.29, 1.82) is 0 Å². The van der Waals surface area contributed by atoms with Crippen LogP contribution in [-0.4, -0.2) is 14.5 Å². The number of pyridine rings is 1. The van der Waals surface area contributed by atoms with Crippen molar-refractivity contribution in [3.8, 4) is 50.7 Å². The maximum absolute atomic E-state index is 6.21. The molecule has 4 heteroatoms.